The van der Waals surface area contributed by atoms with Crippen LogP contribution >= 0.6 is 0 Å². The van der Waals surface area contributed by atoms with Gasteiger partial charge in [0, 0.05) is 24.8 Å². The van der Waals surface area contributed by atoms with Crippen molar-refractivity contribution < 1.29 is 0 Å². The molecule has 0 amide bonds. The Kier molecular flexibility index (Phi) is 2.40. The van der Waals surface area contributed by atoms with Crippen LogP contribution in [0.5, 0.6) is 0 Å². The molecule has 2 aliphatic rings. The van der Waals surface area contributed by atoms with Crippen molar-refractivity contribution in [2.24, 2.45) is 5.92 Å². The number of benzene rings is 1. The first-order valence-corrected chi connectivity index (χ1v) is 6.34. The molecule has 3 rings (SSSR count). The van der Waals surface area contributed by atoms with Crippen LogP contribution in [0.2, 0.25) is 0 Å². The van der Waals surface area contributed by atoms with Gasteiger partial charge in [0.2, 0.25) is 0 Å². The average Bonchev–Trinajstić information content (AvgIpc) is 2.95. The molecule has 0 spiro atoms. The fraction of sp³-hybridized carbons (Fsp3) is 0.571. The highest BCUT2D eigenvalue weighted by atomic mass is 15.2. The topological polar surface area (TPSA) is 29.3 Å². The van der Waals surface area contributed by atoms with Gasteiger partial charge in [-0.1, -0.05) is 25.0 Å². The molecule has 1 saturated carbocycles. The summed E-state index contributed by atoms with van der Waals surface area (Å²) in [5.41, 5.74) is 9.79. The highest BCUT2D eigenvalue weighted by Gasteiger charge is 2.29. The Morgan fingerprint density at radius 3 is 2.88 bits per heavy atom. The van der Waals surface area contributed by atoms with E-state index in [1.165, 1.54) is 30.4 Å². The Balaban J connectivity index is 1.71. The summed E-state index contributed by atoms with van der Waals surface area (Å²) < 4.78 is 0. The second-order valence-electron chi connectivity index (χ2n) is 5.42. The van der Waals surface area contributed by atoms with Crippen molar-refractivity contribution in [2.75, 3.05) is 5.73 Å². The van der Waals surface area contributed by atoms with E-state index in [4.69, 9.17) is 5.73 Å². The Morgan fingerprint density at radius 1 is 1.38 bits per heavy atom. The zero-order valence-corrected chi connectivity index (χ0v) is 9.95. The molecule has 86 valence electrons. The maximum absolute atomic E-state index is 6.02. The largest absolute Gasteiger partial charge is 0.398 e. The lowest BCUT2D eigenvalue weighted by atomic mass is 10.1. The highest BCUT2D eigenvalue weighted by molar-refractivity contribution is 5.52. The number of nitrogens with two attached hydrogens (primary N) is 1. The minimum Gasteiger partial charge on any atom is -0.398 e. The van der Waals surface area contributed by atoms with Crippen molar-refractivity contribution in [3.8, 4) is 0 Å². The lowest BCUT2D eigenvalue weighted by Gasteiger charge is -2.23. The third-order valence-electron chi connectivity index (χ3n) is 4.04. The quantitative estimate of drug-likeness (QED) is 0.787. The summed E-state index contributed by atoms with van der Waals surface area (Å²) in [5, 5.41) is 0. The number of rotatable bonds is 3. The first kappa shape index (κ1) is 10.2. The number of hydrogen-bond donors (Lipinski definition) is 1. The van der Waals surface area contributed by atoms with E-state index in [1.807, 2.05) is 6.07 Å². The van der Waals surface area contributed by atoms with E-state index in [0.29, 0.717) is 6.04 Å². The van der Waals surface area contributed by atoms with Crippen LogP contribution in [0.4, 0.5) is 5.69 Å². The van der Waals surface area contributed by atoms with Crippen LogP contribution in [0.1, 0.15) is 37.3 Å². The summed E-state index contributed by atoms with van der Waals surface area (Å²) in [7, 11) is 0. The van der Waals surface area contributed by atoms with Crippen molar-refractivity contribution in [2.45, 2.75) is 45.3 Å². The number of anilines is 1. The van der Waals surface area contributed by atoms with Gasteiger partial charge in [0.1, 0.15) is 0 Å². The smallest absolute Gasteiger partial charge is 0.0363 e. The molecular formula is C14H20N2. The van der Waals surface area contributed by atoms with Crippen LogP contribution < -0.4 is 5.73 Å². The van der Waals surface area contributed by atoms with Gasteiger partial charge in [0.05, 0.1) is 0 Å². The Bertz CT molecular complexity index is 396. The molecule has 1 aromatic rings. The molecule has 1 fully saturated rings. The van der Waals surface area contributed by atoms with E-state index in [-0.39, 0.29) is 0 Å². The maximum atomic E-state index is 6.02. The molecule has 2 N–H and O–H groups in total. The van der Waals surface area contributed by atoms with Gasteiger partial charge in [-0.25, -0.2) is 0 Å². The van der Waals surface area contributed by atoms with E-state index < -0.39 is 0 Å². The molecule has 1 heterocycles. The molecule has 1 aromatic carbocycles. The van der Waals surface area contributed by atoms with Crippen LogP contribution in [-0.2, 0) is 13.1 Å². The van der Waals surface area contributed by atoms with Crippen molar-refractivity contribution >= 4 is 5.69 Å². The molecule has 1 aliphatic heterocycles. The number of nitrogen functional groups attached to an aromatic ring is 1. The predicted octanol–water partition coefficient (Wildman–Crippen LogP) is 2.77. The number of fused-ring (bicyclic) bond motifs is 1. The summed E-state index contributed by atoms with van der Waals surface area (Å²) in [4.78, 5) is 2.57. The van der Waals surface area contributed by atoms with Crippen molar-refractivity contribution in [1.29, 1.82) is 0 Å². The summed E-state index contributed by atoms with van der Waals surface area (Å²) in [6.07, 6.45) is 4.27. The number of nitrogens with zero attached hydrogens (tertiary/aromatic N) is 1. The van der Waals surface area contributed by atoms with Crippen LogP contribution in [0, 0.1) is 5.92 Å². The Labute approximate surface area is 97.4 Å². The molecule has 2 heteroatoms. The lowest BCUT2D eigenvalue weighted by molar-refractivity contribution is 0.197. The van der Waals surface area contributed by atoms with Gasteiger partial charge < -0.3 is 5.73 Å². The summed E-state index contributed by atoms with van der Waals surface area (Å²) in [6, 6.07) is 7.02. The van der Waals surface area contributed by atoms with E-state index in [1.54, 1.807) is 0 Å². The minimum atomic E-state index is 0.708. The maximum Gasteiger partial charge on any atom is 0.0363 e. The molecule has 1 unspecified atom stereocenters. The third-order valence-corrected chi connectivity index (χ3v) is 4.04. The van der Waals surface area contributed by atoms with Gasteiger partial charge in [-0.15, -0.1) is 0 Å². The van der Waals surface area contributed by atoms with Gasteiger partial charge in [-0.05, 0) is 36.5 Å². The van der Waals surface area contributed by atoms with Crippen LogP contribution in [0.15, 0.2) is 18.2 Å². The molecule has 2 nitrogen and oxygen atoms in total. The summed E-state index contributed by atoms with van der Waals surface area (Å²) in [5.74, 6) is 1.01. The minimum absolute atomic E-state index is 0.708. The van der Waals surface area contributed by atoms with E-state index in [2.05, 4.69) is 24.0 Å². The van der Waals surface area contributed by atoms with Gasteiger partial charge in [-0.3, -0.25) is 4.90 Å². The molecule has 16 heavy (non-hydrogen) atoms. The summed E-state index contributed by atoms with van der Waals surface area (Å²) in [6.45, 7) is 4.50. The normalized spacial score (nSPS) is 22.1. The zero-order chi connectivity index (χ0) is 11.1. The van der Waals surface area contributed by atoms with Gasteiger partial charge in [0.25, 0.3) is 0 Å². The van der Waals surface area contributed by atoms with Crippen LogP contribution in [0.25, 0.3) is 0 Å². The molecule has 1 aliphatic carbocycles. The Hall–Kier alpha value is -1.02. The second-order valence-corrected chi connectivity index (χ2v) is 5.42. The van der Waals surface area contributed by atoms with Gasteiger partial charge in [-0.2, -0.15) is 0 Å². The summed E-state index contributed by atoms with van der Waals surface area (Å²) >= 11 is 0. The SMILES string of the molecule is CC(CC1CC1)N1Cc2cccc(N)c2C1. The van der Waals surface area contributed by atoms with Gasteiger partial charge in [0.15, 0.2) is 0 Å². The predicted molar refractivity (Wildman–Crippen MR) is 66.9 cm³/mol. The van der Waals surface area contributed by atoms with Gasteiger partial charge >= 0.3 is 0 Å². The van der Waals surface area contributed by atoms with Crippen molar-refractivity contribution in [3.63, 3.8) is 0 Å². The van der Waals surface area contributed by atoms with Crippen LogP contribution in [0.3, 0.4) is 0 Å². The average molecular weight is 216 g/mol. The first-order chi connectivity index (χ1) is 7.74. The molecule has 0 saturated heterocycles. The second kappa shape index (κ2) is 3.77. The number of hydrogen-bond acceptors (Lipinski definition) is 2. The van der Waals surface area contributed by atoms with Crippen LogP contribution in [-0.4, -0.2) is 10.9 Å². The fourth-order valence-corrected chi connectivity index (χ4v) is 2.77. The fourth-order valence-electron chi connectivity index (χ4n) is 2.77. The molecular weight excluding hydrogens is 196 g/mol. The monoisotopic (exact) mass is 216 g/mol. The third kappa shape index (κ3) is 1.82. The van der Waals surface area contributed by atoms with Crippen molar-refractivity contribution in [1.82, 2.24) is 4.90 Å². The molecule has 0 radical (unpaired) electrons. The molecule has 0 bridgehead atoms. The van der Waals surface area contributed by atoms with E-state index >= 15 is 0 Å². The van der Waals surface area contributed by atoms with Crippen molar-refractivity contribution in [3.05, 3.63) is 29.3 Å². The molecule has 1 atom stereocenters. The standard InChI is InChI=1S/C14H20N2/c1-10(7-11-5-6-11)16-8-12-3-2-4-14(15)13(12)9-16/h2-4,10-11H,5-9,15H2,1H3. The zero-order valence-electron chi connectivity index (χ0n) is 9.95. The first-order valence-electron chi connectivity index (χ1n) is 6.34. The lowest BCUT2D eigenvalue weighted by Crippen LogP contribution is -2.28. The van der Waals surface area contributed by atoms with E-state index in [0.717, 1.165) is 24.7 Å². The molecule has 0 aromatic heterocycles. The van der Waals surface area contributed by atoms with E-state index in [9.17, 15) is 0 Å². The highest BCUT2D eigenvalue weighted by Crippen LogP contribution is 2.37. The Morgan fingerprint density at radius 2 is 2.19 bits per heavy atom.